The molecule has 4 aromatic carbocycles. The van der Waals surface area contributed by atoms with E-state index in [0.717, 1.165) is 39.0 Å². The molecule has 1 aliphatic rings. The second-order valence-corrected chi connectivity index (χ2v) is 11.8. The van der Waals surface area contributed by atoms with Crippen molar-refractivity contribution < 1.29 is 14.6 Å². The predicted octanol–water partition coefficient (Wildman–Crippen LogP) is 9.57. The van der Waals surface area contributed by atoms with Gasteiger partial charge in [-0.25, -0.2) is 4.79 Å². The Morgan fingerprint density at radius 2 is 1.57 bits per heavy atom. The molecule has 0 bridgehead atoms. The number of carbonyl (C=O) groups is 1. The van der Waals surface area contributed by atoms with Crippen LogP contribution in [-0.4, -0.2) is 18.2 Å². The Morgan fingerprint density at radius 1 is 0.932 bits per heavy atom. The Hall–Kier alpha value is -5.34. The van der Waals surface area contributed by atoms with Gasteiger partial charge in [0.15, 0.2) is 0 Å². The van der Waals surface area contributed by atoms with Crippen molar-refractivity contribution >= 4 is 46.3 Å². The molecule has 0 saturated heterocycles. The van der Waals surface area contributed by atoms with E-state index in [1.54, 1.807) is 6.07 Å². The number of aliphatic carboxylic acids is 1. The number of hydrogen-bond donors (Lipinski definition) is 1. The molecule has 5 rings (SSSR count). The van der Waals surface area contributed by atoms with Gasteiger partial charge in [0.1, 0.15) is 17.4 Å². The van der Waals surface area contributed by atoms with Crippen LogP contribution in [0.3, 0.4) is 0 Å². The predicted molar refractivity (Wildman–Crippen MR) is 181 cm³/mol. The molecule has 0 radical (unpaired) electrons. The summed E-state index contributed by atoms with van der Waals surface area (Å²) in [5, 5.41) is 20.4. The number of nitrogens with zero attached hydrogens (tertiary/aromatic N) is 2. The number of anilines is 2. The maximum absolute atomic E-state index is 11.4. The van der Waals surface area contributed by atoms with E-state index in [4.69, 9.17) is 4.74 Å². The Labute approximate surface area is 259 Å². The number of nitriles is 1. The van der Waals surface area contributed by atoms with Crippen molar-refractivity contribution in [3.8, 4) is 11.8 Å². The summed E-state index contributed by atoms with van der Waals surface area (Å²) in [6.07, 6.45) is 12.4. The fraction of sp³-hybridized carbons (Fsp3) is 0.179. The molecule has 220 valence electrons. The van der Waals surface area contributed by atoms with Crippen LogP contribution in [0.15, 0.2) is 108 Å². The Morgan fingerprint density at radius 3 is 2.16 bits per heavy atom. The van der Waals surface area contributed by atoms with Gasteiger partial charge in [-0.3, -0.25) is 0 Å². The lowest BCUT2D eigenvalue weighted by Crippen LogP contribution is -2.25. The standard InChI is InChI=1S/C39H36N2O3/c1-26-6-8-28(9-7-26)10-11-29-12-15-34(16-13-29)41(36-18-19-39(3,4)27(2)20-36)35-17-14-30-21-32(22-33(25-40)38(42)43)37(44-5)24-31(30)23-35/h6-24,27H,1-5H3,(H,42,43)/b11-10+,33-22+. The van der Waals surface area contributed by atoms with E-state index in [1.807, 2.05) is 18.2 Å². The van der Waals surface area contributed by atoms with Gasteiger partial charge in [0.25, 0.3) is 0 Å². The van der Waals surface area contributed by atoms with Crippen LogP contribution in [0.25, 0.3) is 29.0 Å². The number of benzene rings is 4. The fourth-order valence-corrected chi connectivity index (χ4v) is 5.19. The van der Waals surface area contributed by atoms with Crippen LogP contribution >= 0.6 is 0 Å². The number of aryl methyl sites for hydroxylation is 1. The van der Waals surface area contributed by atoms with Crippen molar-refractivity contribution in [3.05, 3.63) is 131 Å². The molecule has 1 N–H and O–H groups in total. The average molecular weight is 581 g/mol. The first-order valence-corrected chi connectivity index (χ1v) is 14.6. The third kappa shape index (κ3) is 6.50. The zero-order valence-electron chi connectivity index (χ0n) is 25.7. The third-order valence-electron chi connectivity index (χ3n) is 8.31. The lowest BCUT2D eigenvalue weighted by Gasteiger charge is -2.35. The first kappa shape index (κ1) is 30.1. The molecule has 0 amide bonds. The van der Waals surface area contributed by atoms with Crippen molar-refractivity contribution in [3.63, 3.8) is 0 Å². The Balaban J connectivity index is 1.56. The van der Waals surface area contributed by atoms with Gasteiger partial charge in [-0.15, -0.1) is 0 Å². The lowest BCUT2D eigenvalue weighted by atomic mass is 9.76. The van der Waals surface area contributed by atoms with Gasteiger partial charge in [0.05, 0.1) is 7.11 Å². The van der Waals surface area contributed by atoms with Gasteiger partial charge in [0, 0.05) is 22.6 Å². The van der Waals surface area contributed by atoms with Crippen LogP contribution in [0.1, 0.15) is 43.0 Å². The maximum Gasteiger partial charge on any atom is 0.346 e. The van der Waals surface area contributed by atoms with Crippen LogP contribution in [0.5, 0.6) is 5.75 Å². The summed E-state index contributed by atoms with van der Waals surface area (Å²) in [5.74, 6) is -0.448. The number of allylic oxidation sites excluding steroid dienone is 3. The highest BCUT2D eigenvalue weighted by molar-refractivity contribution is 5.98. The molecule has 0 heterocycles. The summed E-state index contributed by atoms with van der Waals surface area (Å²) < 4.78 is 5.60. The van der Waals surface area contributed by atoms with Crippen molar-refractivity contribution in [1.82, 2.24) is 0 Å². The number of methoxy groups -OCH3 is 1. The van der Waals surface area contributed by atoms with E-state index in [-0.39, 0.29) is 11.0 Å². The van der Waals surface area contributed by atoms with Gasteiger partial charge in [-0.2, -0.15) is 5.26 Å². The number of rotatable bonds is 8. The largest absolute Gasteiger partial charge is 0.496 e. The second-order valence-electron chi connectivity index (χ2n) is 11.8. The SMILES string of the molecule is COc1cc2cc(N(C3=CC(C)C(C)(C)C=C3)c3ccc(/C=C/c4ccc(C)cc4)cc3)ccc2cc1/C=C(\C#N)C(=O)O. The molecule has 4 aromatic rings. The van der Waals surface area contributed by atoms with Crippen LogP contribution in [0, 0.1) is 29.6 Å². The molecule has 0 spiro atoms. The van der Waals surface area contributed by atoms with Gasteiger partial charge >= 0.3 is 5.97 Å². The normalized spacial score (nSPS) is 16.0. The zero-order valence-corrected chi connectivity index (χ0v) is 25.7. The lowest BCUT2D eigenvalue weighted by molar-refractivity contribution is -0.132. The van der Waals surface area contributed by atoms with Crippen LogP contribution < -0.4 is 9.64 Å². The van der Waals surface area contributed by atoms with Gasteiger partial charge in [0.2, 0.25) is 0 Å². The highest BCUT2D eigenvalue weighted by Gasteiger charge is 2.27. The molecule has 1 atom stereocenters. The van der Waals surface area contributed by atoms with E-state index in [0.29, 0.717) is 17.2 Å². The summed E-state index contributed by atoms with van der Waals surface area (Å²) in [5.41, 5.74) is 6.85. The van der Waals surface area contributed by atoms with E-state index in [9.17, 15) is 15.2 Å². The molecular weight excluding hydrogens is 544 g/mol. The quantitative estimate of drug-likeness (QED) is 0.128. The number of carboxylic acid groups (broad SMARTS) is 1. The molecular formula is C39H36N2O3. The van der Waals surface area contributed by atoms with Crippen LogP contribution in [-0.2, 0) is 4.79 Å². The first-order chi connectivity index (χ1) is 21.1. The molecule has 5 nitrogen and oxygen atoms in total. The smallest absolute Gasteiger partial charge is 0.346 e. The molecule has 0 saturated carbocycles. The maximum atomic E-state index is 11.4. The zero-order chi connectivity index (χ0) is 31.4. The molecule has 0 aliphatic heterocycles. The molecule has 44 heavy (non-hydrogen) atoms. The molecule has 0 aromatic heterocycles. The summed E-state index contributed by atoms with van der Waals surface area (Å²) >= 11 is 0. The Kier molecular flexibility index (Phi) is 8.55. The second kappa shape index (κ2) is 12.5. The highest BCUT2D eigenvalue weighted by atomic mass is 16.5. The highest BCUT2D eigenvalue weighted by Crippen LogP contribution is 2.40. The number of ether oxygens (including phenoxy) is 1. The molecule has 1 unspecified atom stereocenters. The van der Waals surface area contributed by atoms with Crippen LogP contribution in [0.4, 0.5) is 11.4 Å². The van der Waals surface area contributed by atoms with E-state index < -0.39 is 5.97 Å². The third-order valence-corrected chi connectivity index (χ3v) is 8.31. The number of hydrogen-bond acceptors (Lipinski definition) is 4. The van der Waals surface area contributed by atoms with Crippen molar-refractivity contribution in [2.45, 2.75) is 27.7 Å². The van der Waals surface area contributed by atoms with E-state index in [1.165, 1.54) is 18.7 Å². The minimum absolute atomic E-state index is 0.0543. The van der Waals surface area contributed by atoms with Crippen molar-refractivity contribution in [2.24, 2.45) is 11.3 Å². The molecule has 1 aliphatic carbocycles. The van der Waals surface area contributed by atoms with Crippen molar-refractivity contribution in [1.29, 1.82) is 5.26 Å². The first-order valence-electron chi connectivity index (χ1n) is 14.6. The minimum atomic E-state index is -1.27. The van der Waals surface area contributed by atoms with Crippen LogP contribution in [0.2, 0.25) is 0 Å². The van der Waals surface area contributed by atoms with Gasteiger partial charge < -0.3 is 14.7 Å². The average Bonchev–Trinajstić information content (AvgIpc) is 3.01. The van der Waals surface area contributed by atoms with E-state index in [2.05, 4.69) is 124 Å². The summed E-state index contributed by atoms with van der Waals surface area (Å²) in [4.78, 5) is 13.7. The number of carboxylic acids is 1. The number of fused-ring (bicyclic) bond motifs is 1. The monoisotopic (exact) mass is 580 g/mol. The molecule has 5 heteroatoms. The summed E-state index contributed by atoms with van der Waals surface area (Å²) in [6, 6.07) is 28.7. The van der Waals surface area contributed by atoms with E-state index >= 15 is 0 Å². The van der Waals surface area contributed by atoms with Gasteiger partial charge in [-0.1, -0.05) is 93.1 Å². The molecule has 0 fully saturated rings. The summed E-state index contributed by atoms with van der Waals surface area (Å²) in [6.45, 7) is 8.83. The van der Waals surface area contributed by atoms with Crippen molar-refractivity contribution in [2.75, 3.05) is 12.0 Å². The Bertz CT molecular complexity index is 1870. The fourth-order valence-electron chi connectivity index (χ4n) is 5.19. The summed E-state index contributed by atoms with van der Waals surface area (Å²) in [7, 11) is 1.54. The topological polar surface area (TPSA) is 73.6 Å². The minimum Gasteiger partial charge on any atom is -0.496 e. The van der Waals surface area contributed by atoms with Gasteiger partial charge in [-0.05, 0) is 88.7 Å².